The Morgan fingerprint density at radius 3 is 2.41 bits per heavy atom. The zero-order valence-electron chi connectivity index (χ0n) is 12.3. The summed E-state index contributed by atoms with van der Waals surface area (Å²) in [6, 6.07) is 16.1. The normalized spacial score (nSPS) is 11.9. The topological polar surface area (TPSA) is 81.1 Å². The number of nitrogens with two attached hydrogens (primary N) is 2. The molecule has 0 aliphatic carbocycles. The van der Waals surface area contributed by atoms with Gasteiger partial charge in [0, 0.05) is 23.2 Å². The van der Waals surface area contributed by atoms with Crippen molar-refractivity contribution in [3.63, 3.8) is 0 Å². The maximum atomic E-state index is 11.2. The molecule has 116 valence electrons. The van der Waals surface area contributed by atoms with Crippen molar-refractivity contribution in [3.05, 3.63) is 64.1 Å². The van der Waals surface area contributed by atoms with Crippen LogP contribution in [0.2, 0.25) is 0 Å². The average Bonchev–Trinajstić information content (AvgIpc) is 2.52. The lowest BCUT2D eigenvalue weighted by Crippen LogP contribution is -2.31. The SMILES string of the molecule is NCC(Cc1ccc(NCc2ccccc2Br)cc1)C(N)=O. The van der Waals surface area contributed by atoms with Crippen LogP contribution in [0.5, 0.6) is 0 Å². The van der Waals surface area contributed by atoms with Gasteiger partial charge in [-0.15, -0.1) is 0 Å². The maximum absolute atomic E-state index is 11.2. The fourth-order valence-corrected chi connectivity index (χ4v) is 2.61. The quantitative estimate of drug-likeness (QED) is 0.708. The molecule has 0 aromatic heterocycles. The number of hydrogen-bond acceptors (Lipinski definition) is 3. The van der Waals surface area contributed by atoms with E-state index < -0.39 is 0 Å². The minimum absolute atomic E-state index is 0.275. The summed E-state index contributed by atoms with van der Waals surface area (Å²) in [5.41, 5.74) is 14.2. The number of rotatable bonds is 7. The molecule has 0 saturated carbocycles. The molecular formula is C17H20BrN3O. The number of nitrogens with one attached hydrogen (secondary N) is 1. The van der Waals surface area contributed by atoms with Crippen LogP contribution in [0.1, 0.15) is 11.1 Å². The fraction of sp³-hybridized carbons (Fsp3) is 0.235. The number of halogens is 1. The van der Waals surface area contributed by atoms with E-state index in [1.54, 1.807) is 0 Å². The fourth-order valence-electron chi connectivity index (χ4n) is 2.18. The summed E-state index contributed by atoms with van der Waals surface area (Å²) in [7, 11) is 0. The van der Waals surface area contributed by atoms with E-state index in [0.717, 1.165) is 22.3 Å². The standard InChI is InChI=1S/C17H20BrN3O/c18-16-4-2-1-3-13(16)11-21-15-7-5-12(6-8-15)9-14(10-19)17(20)22/h1-8,14,21H,9-11,19H2,(H2,20,22). The molecule has 0 radical (unpaired) electrons. The highest BCUT2D eigenvalue weighted by atomic mass is 79.9. The summed E-state index contributed by atoms with van der Waals surface area (Å²) < 4.78 is 1.09. The molecule has 0 aliphatic rings. The molecule has 0 saturated heterocycles. The first-order valence-electron chi connectivity index (χ1n) is 7.15. The van der Waals surface area contributed by atoms with Gasteiger partial charge in [-0.05, 0) is 35.7 Å². The number of primary amides is 1. The van der Waals surface area contributed by atoms with Gasteiger partial charge in [0.25, 0.3) is 0 Å². The molecule has 5 N–H and O–H groups in total. The zero-order chi connectivity index (χ0) is 15.9. The third kappa shape index (κ3) is 4.58. The highest BCUT2D eigenvalue weighted by molar-refractivity contribution is 9.10. The van der Waals surface area contributed by atoms with Gasteiger partial charge in [0.05, 0.1) is 5.92 Å². The Balaban J connectivity index is 1.94. The third-order valence-corrected chi connectivity index (χ3v) is 4.34. The molecule has 22 heavy (non-hydrogen) atoms. The van der Waals surface area contributed by atoms with Crippen LogP contribution in [0.3, 0.4) is 0 Å². The summed E-state index contributed by atoms with van der Waals surface area (Å²) in [4.78, 5) is 11.2. The summed E-state index contributed by atoms with van der Waals surface area (Å²) in [6.45, 7) is 1.02. The van der Waals surface area contributed by atoms with Crippen molar-refractivity contribution in [1.29, 1.82) is 0 Å². The van der Waals surface area contributed by atoms with Crippen LogP contribution >= 0.6 is 15.9 Å². The smallest absolute Gasteiger partial charge is 0.222 e. The van der Waals surface area contributed by atoms with E-state index >= 15 is 0 Å². The van der Waals surface area contributed by atoms with E-state index in [1.807, 2.05) is 42.5 Å². The average molecular weight is 362 g/mol. The first-order chi connectivity index (χ1) is 10.6. The second-order valence-corrected chi connectivity index (χ2v) is 6.04. The number of benzene rings is 2. The number of carbonyl (C=O) groups excluding carboxylic acids is 1. The molecule has 0 fully saturated rings. The second kappa shape index (κ2) is 7.96. The summed E-state index contributed by atoms with van der Waals surface area (Å²) >= 11 is 3.53. The lowest BCUT2D eigenvalue weighted by molar-refractivity contribution is -0.121. The van der Waals surface area contributed by atoms with Crippen LogP contribution in [0.25, 0.3) is 0 Å². The lowest BCUT2D eigenvalue weighted by atomic mass is 9.99. The van der Waals surface area contributed by atoms with Gasteiger partial charge in [0.1, 0.15) is 0 Å². The second-order valence-electron chi connectivity index (χ2n) is 5.18. The van der Waals surface area contributed by atoms with Crippen molar-refractivity contribution in [1.82, 2.24) is 0 Å². The number of carbonyl (C=O) groups is 1. The van der Waals surface area contributed by atoms with Gasteiger partial charge in [-0.3, -0.25) is 4.79 Å². The molecule has 2 aromatic carbocycles. The molecule has 1 atom stereocenters. The van der Waals surface area contributed by atoms with Crippen LogP contribution in [-0.2, 0) is 17.8 Å². The van der Waals surface area contributed by atoms with Crippen LogP contribution in [0.4, 0.5) is 5.69 Å². The Labute approximate surface area is 139 Å². The lowest BCUT2D eigenvalue weighted by Gasteiger charge is -2.12. The van der Waals surface area contributed by atoms with Crippen LogP contribution in [0.15, 0.2) is 53.0 Å². The number of amides is 1. The van der Waals surface area contributed by atoms with Gasteiger partial charge in [0.2, 0.25) is 5.91 Å². The number of hydrogen-bond donors (Lipinski definition) is 3. The van der Waals surface area contributed by atoms with Gasteiger partial charge < -0.3 is 16.8 Å². The van der Waals surface area contributed by atoms with E-state index in [9.17, 15) is 4.79 Å². The van der Waals surface area contributed by atoms with Gasteiger partial charge in [-0.1, -0.05) is 46.3 Å². The molecule has 5 heteroatoms. The van der Waals surface area contributed by atoms with Crippen molar-refractivity contribution in [2.45, 2.75) is 13.0 Å². The van der Waals surface area contributed by atoms with Crippen molar-refractivity contribution in [3.8, 4) is 0 Å². The van der Waals surface area contributed by atoms with Crippen molar-refractivity contribution >= 4 is 27.5 Å². The Hall–Kier alpha value is -1.85. The first kappa shape index (κ1) is 16.5. The number of anilines is 1. The molecule has 2 aromatic rings. The van der Waals surface area contributed by atoms with Gasteiger partial charge in [-0.25, -0.2) is 0 Å². The van der Waals surface area contributed by atoms with E-state index in [2.05, 4.69) is 27.3 Å². The molecule has 4 nitrogen and oxygen atoms in total. The molecule has 1 unspecified atom stereocenters. The molecule has 0 heterocycles. The van der Waals surface area contributed by atoms with Gasteiger partial charge in [0.15, 0.2) is 0 Å². The zero-order valence-corrected chi connectivity index (χ0v) is 13.8. The minimum atomic E-state index is -0.348. The highest BCUT2D eigenvalue weighted by Crippen LogP contribution is 2.18. The van der Waals surface area contributed by atoms with Crippen molar-refractivity contribution in [2.75, 3.05) is 11.9 Å². The molecule has 1 amide bonds. The highest BCUT2D eigenvalue weighted by Gasteiger charge is 2.13. The molecule has 0 bridgehead atoms. The minimum Gasteiger partial charge on any atom is -0.381 e. The predicted molar refractivity (Wildman–Crippen MR) is 93.4 cm³/mol. The Kier molecular flexibility index (Phi) is 5.98. The molecule has 0 aliphatic heterocycles. The monoisotopic (exact) mass is 361 g/mol. The summed E-state index contributed by atoms with van der Waals surface area (Å²) in [5.74, 6) is -0.655. The molecule has 0 spiro atoms. The van der Waals surface area contributed by atoms with E-state index in [1.165, 1.54) is 5.56 Å². The van der Waals surface area contributed by atoms with Crippen LogP contribution < -0.4 is 16.8 Å². The Morgan fingerprint density at radius 2 is 1.82 bits per heavy atom. The van der Waals surface area contributed by atoms with Crippen molar-refractivity contribution in [2.24, 2.45) is 17.4 Å². The van der Waals surface area contributed by atoms with Gasteiger partial charge in [-0.2, -0.15) is 0 Å². The molecular weight excluding hydrogens is 342 g/mol. The Bertz CT molecular complexity index is 628. The van der Waals surface area contributed by atoms with Crippen LogP contribution in [0, 0.1) is 5.92 Å². The van der Waals surface area contributed by atoms with Crippen molar-refractivity contribution < 1.29 is 4.79 Å². The van der Waals surface area contributed by atoms with Crippen LogP contribution in [-0.4, -0.2) is 12.5 Å². The molecule has 2 rings (SSSR count). The van der Waals surface area contributed by atoms with Gasteiger partial charge >= 0.3 is 0 Å². The van der Waals surface area contributed by atoms with E-state index in [0.29, 0.717) is 6.42 Å². The first-order valence-corrected chi connectivity index (χ1v) is 7.95. The summed E-state index contributed by atoms with van der Waals surface area (Å²) in [5, 5.41) is 3.37. The maximum Gasteiger partial charge on any atom is 0.222 e. The Morgan fingerprint density at radius 1 is 1.14 bits per heavy atom. The predicted octanol–water partition coefficient (Wildman–Crippen LogP) is 2.66. The largest absolute Gasteiger partial charge is 0.381 e. The van der Waals surface area contributed by atoms with E-state index in [-0.39, 0.29) is 18.4 Å². The third-order valence-electron chi connectivity index (χ3n) is 3.56. The summed E-state index contributed by atoms with van der Waals surface area (Å²) in [6.07, 6.45) is 0.580. The van der Waals surface area contributed by atoms with E-state index in [4.69, 9.17) is 11.5 Å².